The number of fused-ring (bicyclic) bond motifs is 3. The summed E-state index contributed by atoms with van der Waals surface area (Å²) in [6.45, 7) is 7.71. The Morgan fingerprint density at radius 2 is 2.17 bits per heavy atom. The van der Waals surface area contributed by atoms with Crippen LogP contribution in [0, 0.1) is 0 Å². The lowest BCUT2D eigenvalue weighted by Gasteiger charge is -2.34. The van der Waals surface area contributed by atoms with Crippen LogP contribution in [0.15, 0.2) is 24.5 Å². The number of carbonyl (C=O) groups excluding carboxylic acids is 1. The fourth-order valence-electron chi connectivity index (χ4n) is 4.85. The second kappa shape index (κ2) is 8.89. The Bertz CT molecular complexity index is 1270. The van der Waals surface area contributed by atoms with Gasteiger partial charge in [-0.05, 0) is 26.3 Å². The number of aromatic nitrogens is 3. The van der Waals surface area contributed by atoms with Gasteiger partial charge >= 0.3 is 0 Å². The Balaban J connectivity index is 1.64. The SMILES string of the molecule is CC(=O)Nc1cc2c(-c3cc(OCCC(C)(C)N)c4c(n3)C3(CCOC3)OCC4)cn(C)c2cn1. The lowest BCUT2D eigenvalue weighted by molar-refractivity contribution is -0.114. The highest BCUT2D eigenvalue weighted by Gasteiger charge is 2.44. The zero-order chi connectivity index (χ0) is 24.8. The number of ether oxygens (including phenoxy) is 3. The first-order valence-electron chi connectivity index (χ1n) is 12.1. The molecule has 186 valence electrons. The number of anilines is 1. The van der Waals surface area contributed by atoms with Crippen LogP contribution in [0.25, 0.3) is 22.2 Å². The number of nitrogens with one attached hydrogen (secondary N) is 1. The smallest absolute Gasteiger partial charge is 0.222 e. The number of amides is 1. The predicted octanol–water partition coefficient (Wildman–Crippen LogP) is 3.29. The van der Waals surface area contributed by atoms with Crippen LogP contribution >= 0.6 is 0 Å². The summed E-state index contributed by atoms with van der Waals surface area (Å²) in [7, 11) is 1.97. The van der Waals surface area contributed by atoms with Gasteiger partial charge in [-0.1, -0.05) is 0 Å². The second-order valence-electron chi connectivity index (χ2n) is 10.2. The molecule has 3 N–H and O–H groups in total. The minimum atomic E-state index is -0.553. The summed E-state index contributed by atoms with van der Waals surface area (Å²) in [6.07, 6.45) is 6.02. The number of hydrogen-bond donors (Lipinski definition) is 2. The third-order valence-corrected chi connectivity index (χ3v) is 6.69. The van der Waals surface area contributed by atoms with Crippen molar-refractivity contribution in [2.24, 2.45) is 12.8 Å². The van der Waals surface area contributed by atoms with Crippen molar-refractivity contribution in [2.45, 2.75) is 51.2 Å². The van der Waals surface area contributed by atoms with Crippen LogP contribution < -0.4 is 15.8 Å². The van der Waals surface area contributed by atoms with Gasteiger partial charge in [0, 0.05) is 67.7 Å². The quantitative estimate of drug-likeness (QED) is 0.558. The first-order chi connectivity index (χ1) is 16.7. The van der Waals surface area contributed by atoms with Gasteiger partial charge < -0.3 is 29.8 Å². The molecule has 0 bridgehead atoms. The zero-order valence-electron chi connectivity index (χ0n) is 20.8. The number of hydrogen-bond acceptors (Lipinski definition) is 7. The summed E-state index contributed by atoms with van der Waals surface area (Å²) in [6, 6.07) is 3.90. The van der Waals surface area contributed by atoms with E-state index in [0.29, 0.717) is 32.2 Å². The molecule has 1 atom stereocenters. The van der Waals surface area contributed by atoms with E-state index in [1.54, 1.807) is 6.20 Å². The van der Waals surface area contributed by atoms with E-state index in [1.165, 1.54) is 6.92 Å². The van der Waals surface area contributed by atoms with E-state index < -0.39 is 5.60 Å². The highest BCUT2D eigenvalue weighted by Crippen LogP contribution is 2.44. The van der Waals surface area contributed by atoms with Crippen molar-refractivity contribution in [3.05, 3.63) is 35.8 Å². The van der Waals surface area contributed by atoms with Gasteiger partial charge in [0.15, 0.2) is 0 Å². The number of aryl methyl sites for hydroxylation is 1. The van der Waals surface area contributed by atoms with Gasteiger partial charge in [-0.25, -0.2) is 9.97 Å². The maximum Gasteiger partial charge on any atom is 0.222 e. The van der Waals surface area contributed by atoms with Gasteiger partial charge in [-0.15, -0.1) is 0 Å². The van der Waals surface area contributed by atoms with Crippen molar-refractivity contribution in [1.29, 1.82) is 0 Å². The van der Waals surface area contributed by atoms with Gasteiger partial charge in [0.05, 0.1) is 42.9 Å². The largest absolute Gasteiger partial charge is 0.493 e. The van der Waals surface area contributed by atoms with E-state index in [9.17, 15) is 4.79 Å². The van der Waals surface area contributed by atoms with E-state index in [0.717, 1.165) is 58.4 Å². The standard InChI is InChI=1S/C26H33N5O4/c1-16(32)29-23-11-18-19(14-31(4)21(18)13-28-23)20-12-22(34-10-6-25(2,3)27)17-5-8-35-26(24(17)30-20)7-9-33-15-26/h11-14H,5-10,15,27H2,1-4H3,(H,28,29,32). The van der Waals surface area contributed by atoms with Crippen molar-refractivity contribution in [3.63, 3.8) is 0 Å². The van der Waals surface area contributed by atoms with Crippen molar-refractivity contribution in [3.8, 4) is 17.0 Å². The lowest BCUT2D eigenvalue weighted by Crippen LogP contribution is -2.37. The minimum Gasteiger partial charge on any atom is -0.493 e. The summed E-state index contributed by atoms with van der Waals surface area (Å²) in [4.78, 5) is 21.1. The van der Waals surface area contributed by atoms with Gasteiger partial charge in [-0.2, -0.15) is 0 Å². The summed E-state index contributed by atoms with van der Waals surface area (Å²) < 4.78 is 20.4. The first kappa shape index (κ1) is 23.7. The molecule has 2 aliphatic heterocycles. The van der Waals surface area contributed by atoms with E-state index in [1.807, 2.05) is 43.8 Å². The minimum absolute atomic E-state index is 0.167. The Hall–Kier alpha value is -3.01. The van der Waals surface area contributed by atoms with Gasteiger partial charge in [-0.3, -0.25) is 4.79 Å². The van der Waals surface area contributed by atoms with Gasteiger partial charge in [0.2, 0.25) is 5.91 Å². The molecule has 5 heterocycles. The maximum atomic E-state index is 11.6. The molecule has 0 saturated carbocycles. The maximum absolute atomic E-state index is 11.6. The van der Waals surface area contributed by atoms with Crippen LogP contribution in [-0.4, -0.2) is 52.4 Å². The molecule has 2 aliphatic rings. The monoisotopic (exact) mass is 479 g/mol. The molecule has 1 saturated heterocycles. The number of nitrogens with two attached hydrogens (primary N) is 1. The van der Waals surface area contributed by atoms with Crippen molar-refractivity contribution < 1.29 is 19.0 Å². The molecule has 9 nitrogen and oxygen atoms in total. The van der Waals surface area contributed by atoms with Crippen molar-refractivity contribution >= 4 is 22.6 Å². The molecule has 1 amide bonds. The molecule has 1 unspecified atom stereocenters. The fraction of sp³-hybridized carbons (Fsp3) is 0.500. The van der Waals surface area contributed by atoms with Crippen LogP contribution in [0.5, 0.6) is 5.75 Å². The average Bonchev–Trinajstić information content (AvgIpc) is 3.38. The molecule has 5 rings (SSSR count). The zero-order valence-corrected chi connectivity index (χ0v) is 20.8. The highest BCUT2D eigenvalue weighted by atomic mass is 16.6. The summed E-state index contributed by atoms with van der Waals surface area (Å²) >= 11 is 0. The van der Waals surface area contributed by atoms with E-state index in [4.69, 9.17) is 24.9 Å². The molecular formula is C26H33N5O4. The van der Waals surface area contributed by atoms with E-state index >= 15 is 0 Å². The Labute approximate surface area is 205 Å². The van der Waals surface area contributed by atoms with Crippen LogP contribution in [0.4, 0.5) is 5.82 Å². The molecule has 9 heteroatoms. The third kappa shape index (κ3) is 4.63. The topological polar surface area (TPSA) is 114 Å². The van der Waals surface area contributed by atoms with Crippen molar-refractivity contribution in [2.75, 3.05) is 31.7 Å². The Kier molecular flexibility index (Phi) is 6.03. The van der Waals surface area contributed by atoms with Crippen LogP contribution in [-0.2, 0) is 33.3 Å². The summed E-state index contributed by atoms with van der Waals surface area (Å²) in [5.41, 5.74) is 9.97. The van der Waals surface area contributed by atoms with Crippen LogP contribution in [0.2, 0.25) is 0 Å². The van der Waals surface area contributed by atoms with E-state index in [2.05, 4.69) is 10.3 Å². The molecular weight excluding hydrogens is 446 g/mol. The highest BCUT2D eigenvalue weighted by molar-refractivity contribution is 5.98. The Morgan fingerprint density at radius 1 is 1.34 bits per heavy atom. The van der Waals surface area contributed by atoms with Gasteiger partial charge in [0.25, 0.3) is 0 Å². The number of pyridine rings is 2. The molecule has 0 aromatic carbocycles. The molecule has 0 radical (unpaired) electrons. The van der Waals surface area contributed by atoms with Crippen molar-refractivity contribution in [1.82, 2.24) is 14.5 Å². The summed E-state index contributed by atoms with van der Waals surface area (Å²) in [5.74, 6) is 1.15. The van der Waals surface area contributed by atoms with Crippen LogP contribution in [0.3, 0.4) is 0 Å². The number of rotatable bonds is 6. The summed E-state index contributed by atoms with van der Waals surface area (Å²) in [5, 5.41) is 3.72. The lowest BCUT2D eigenvalue weighted by atomic mass is 9.89. The van der Waals surface area contributed by atoms with E-state index in [-0.39, 0.29) is 11.4 Å². The molecule has 35 heavy (non-hydrogen) atoms. The predicted molar refractivity (Wildman–Crippen MR) is 133 cm³/mol. The molecule has 0 aliphatic carbocycles. The Morgan fingerprint density at radius 3 is 2.89 bits per heavy atom. The third-order valence-electron chi connectivity index (χ3n) is 6.69. The average molecular weight is 480 g/mol. The van der Waals surface area contributed by atoms with Gasteiger partial charge in [0.1, 0.15) is 17.2 Å². The molecule has 3 aromatic rings. The molecule has 1 spiro atoms. The first-order valence-corrected chi connectivity index (χ1v) is 12.1. The van der Waals surface area contributed by atoms with Crippen LogP contribution in [0.1, 0.15) is 44.9 Å². The molecule has 3 aromatic heterocycles. The fourth-order valence-corrected chi connectivity index (χ4v) is 4.85. The number of carbonyl (C=O) groups is 1. The molecule has 1 fully saturated rings. The number of nitrogens with zero attached hydrogens (tertiary/aromatic N) is 3. The normalized spacial score (nSPS) is 19.8. The second-order valence-corrected chi connectivity index (χ2v) is 10.2.